The van der Waals surface area contributed by atoms with Crippen molar-refractivity contribution in [2.75, 3.05) is 0 Å². The first-order valence-electron chi connectivity index (χ1n) is 15.1. The highest BCUT2D eigenvalue weighted by Gasteiger charge is 2.77. The van der Waals surface area contributed by atoms with Gasteiger partial charge in [0.25, 0.3) is 0 Å². The van der Waals surface area contributed by atoms with Crippen molar-refractivity contribution < 1.29 is 52.7 Å². The molecule has 4 aliphatic rings. The fourth-order valence-electron chi connectivity index (χ4n) is 7.90. The van der Waals surface area contributed by atoms with Crippen LogP contribution in [0.15, 0.2) is 68.3 Å². The number of hydrogen-bond acceptors (Lipinski definition) is 3. The normalized spacial score (nSPS) is 32.1. The molecule has 16 heteroatoms. The second-order valence-corrected chi connectivity index (χ2v) is 12.0. The number of halogens is 12. The third-order valence-electron chi connectivity index (χ3n) is 9.50. The van der Waals surface area contributed by atoms with E-state index in [0.29, 0.717) is 0 Å². The lowest BCUT2D eigenvalue weighted by molar-refractivity contribution is -0.227. The van der Waals surface area contributed by atoms with E-state index in [1.54, 1.807) is 5.32 Å². The second-order valence-electron chi connectivity index (χ2n) is 12.0. The molecule has 0 spiro atoms. The van der Waals surface area contributed by atoms with Gasteiger partial charge in [-0.2, -0.15) is 52.7 Å². The molecule has 0 saturated carbocycles. The number of nitrogens with zero attached hydrogens (tertiary/aromatic N) is 2. The summed E-state index contributed by atoms with van der Waals surface area (Å²) in [5, 5.41) is 2.12. The first-order chi connectivity index (χ1) is 22.0. The van der Waals surface area contributed by atoms with E-state index < -0.39 is 107 Å². The number of fused-ring (bicyclic) bond motifs is 6. The van der Waals surface area contributed by atoms with Gasteiger partial charge >= 0.3 is 24.7 Å². The first-order valence-corrected chi connectivity index (χ1v) is 15.1. The first kappa shape index (κ1) is 35.7. The van der Waals surface area contributed by atoms with Crippen molar-refractivity contribution in [3.8, 4) is 0 Å². The molecular formula is C32H30F12N4. The van der Waals surface area contributed by atoms with Crippen LogP contribution in [0, 0.1) is 5.92 Å². The molecule has 0 aromatic carbocycles. The predicted molar refractivity (Wildman–Crippen MR) is 155 cm³/mol. The van der Waals surface area contributed by atoms with Crippen molar-refractivity contribution in [2.24, 2.45) is 15.9 Å². The fourth-order valence-corrected chi connectivity index (χ4v) is 7.90. The van der Waals surface area contributed by atoms with Gasteiger partial charge < -0.3 is 4.98 Å². The molecule has 1 aromatic rings. The van der Waals surface area contributed by atoms with Crippen LogP contribution in [0.5, 0.6) is 0 Å². The zero-order valence-electron chi connectivity index (χ0n) is 25.9. The van der Waals surface area contributed by atoms with E-state index in [1.807, 2.05) is 0 Å². The third kappa shape index (κ3) is 5.28. The second kappa shape index (κ2) is 11.2. The van der Waals surface area contributed by atoms with Gasteiger partial charge in [0.05, 0.1) is 33.8 Å². The Morgan fingerprint density at radius 3 is 1.83 bits per heavy atom. The summed E-state index contributed by atoms with van der Waals surface area (Å²) in [5.74, 6) is -3.78. The van der Waals surface area contributed by atoms with E-state index >= 15 is 52.7 Å². The third-order valence-corrected chi connectivity index (χ3v) is 9.50. The lowest BCUT2D eigenvalue weighted by Gasteiger charge is -2.50. The number of H-pyrrole nitrogens is 1. The van der Waals surface area contributed by atoms with Crippen molar-refractivity contribution in [2.45, 2.75) is 94.7 Å². The number of aromatic amines is 1. The molecule has 0 saturated heterocycles. The topological polar surface area (TPSA) is 52.5 Å². The van der Waals surface area contributed by atoms with Crippen LogP contribution in [0.4, 0.5) is 52.7 Å². The Bertz CT molecular complexity index is 1810. The molecule has 4 aliphatic heterocycles. The molecule has 4 unspecified atom stereocenters. The Balaban J connectivity index is 2.08. The van der Waals surface area contributed by atoms with Gasteiger partial charge in [-0.1, -0.05) is 27.7 Å². The van der Waals surface area contributed by atoms with Crippen LogP contribution in [0.25, 0.3) is 12.2 Å². The summed E-state index contributed by atoms with van der Waals surface area (Å²) in [5.41, 5.74) is -18.6. The van der Waals surface area contributed by atoms with Crippen LogP contribution in [0.2, 0.25) is 0 Å². The quantitative estimate of drug-likeness (QED) is 0.244. The molecule has 4 atom stereocenters. The molecule has 0 radical (unpaired) electrons. The Morgan fingerprint density at radius 2 is 1.35 bits per heavy atom. The van der Waals surface area contributed by atoms with Gasteiger partial charge in [0, 0.05) is 10.7 Å². The van der Waals surface area contributed by atoms with E-state index in [1.165, 1.54) is 31.2 Å². The SMILES string of the molecule is CCC1=C(C(F)(F)F)C2(CC)N=C1/C=c1/cc/c([nH]1)=C/C1=NC(=C\C3(C(F)(F)F)NC(CC)(C(C(F)(F)F)=C3CC)C2C(F)(F)F)/C=C1. The summed E-state index contributed by atoms with van der Waals surface area (Å²) in [4.78, 5) is 10.9. The number of rotatable bonds is 4. The molecule has 5 heterocycles. The Hall–Kier alpha value is -3.56. The van der Waals surface area contributed by atoms with Crippen LogP contribution in [-0.4, -0.2) is 57.7 Å². The predicted octanol–water partition coefficient (Wildman–Crippen LogP) is 7.86. The molecule has 0 amide bonds. The molecule has 2 N–H and O–H groups in total. The number of hydrogen-bond donors (Lipinski definition) is 2. The van der Waals surface area contributed by atoms with Crippen molar-refractivity contribution in [3.63, 3.8) is 0 Å². The number of alkyl halides is 12. The Labute approximate surface area is 266 Å². The molecular weight excluding hydrogens is 668 g/mol. The van der Waals surface area contributed by atoms with Gasteiger partial charge in [0.2, 0.25) is 0 Å². The van der Waals surface area contributed by atoms with Crippen molar-refractivity contribution in [3.05, 3.63) is 69.0 Å². The summed E-state index contributed by atoms with van der Waals surface area (Å²) in [6, 6.07) is 2.85. The largest absolute Gasteiger partial charge is 0.415 e. The van der Waals surface area contributed by atoms with Gasteiger partial charge in [-0.25, -0.2) is 4.99 Å². The molecule has 0 fully saturated rings. The minimum atomic E-state index is -5.96. The average Bonchev–Trinajstić information content (AvgIpc) is 3.71. The number of allylic oxidation sites excluding steroid dienone is 3. The molecule has 0 aliphatic carbocycles. The van der Waals surface area contributed by atoms with Crippen LogP contribution < -0.4 is 16.0 Å². The van der Waals surface area contributed by atoms with Crippen molar-refractivity contribution >= 4 is 23.6 Å². The molecule has 4 nitrogen and oxygen atoms in total. The number of aliphatic imine (C=N–C) groups is 2. The summed E-state index contributed by atoms with van der Waals surface area (Å²) in [7, 11) is 0. The van der Waals surface area contributed by atoms with Gasteiger partial charge in [0.15, 0.2) is 5.54 Å². The Kier molecular flexibility index (Phi) is 8.37. The summed E-state index contributed by atoms with van der Waals surface area (Å²) in [6.45, 7) is 3.83. The molecule has 262 valence electrons. The van der Waals surface area contributed by atoms with E-state index in [4.69, 9.17) is 0 Å². The monoisotopic (exact) mass is 698 g/mol. The van der Waals surface area contributed by atoms with Gasteiger partial charge in [-0.3, -0.25) is 10.3 Å². The van der Waals surface area contributed by atoms with Gasteiger partial charge in [-0.05, 0) is 79.3 Å². The summed E-state index contributed by atoms with van der Waals surface area (Å²) >= 11 is 0. The smallest absolute Gasteiger partial charge is 0.355 e. The zero-order valence-corrected chi connectivity index (χ0v) is 25.9. The maximum absolute atomic E-state index is 15.7. The van der Waals surface area contributed by atoms with Crippen LogP contribution in [0.1, 0.15) is 53.4 Å². The van der Waals surface area contributed by atoms with E-state index in [2.05, 4.69) is 15.0 Å². The van der Waals surface area contributed by atoms with E-state index in [0.717, 1.165) is 32.9 Å². The van der Waals surface area contributed by atoms with Gasteiger partial charge in [0.1, 0.15) is 11.5 Å². The maximum atomic E-state index is 15.7. The van der Waals surface area contributed by atoms with E-state index in [9.17, 15) is 0 Å². The van der Waals surface area contributed by atoms with Crippen molar-refractivity contribution in [1.82, 2.24) is 10.3 Å². The lowest BCUT2D eigenvalue weighted by Crippen LogP contribution is -2.69. The standard InChI is InChI=1S/C32H30F12N4/c1-5-20-22-14-18-10-9-16(45-18)13-17-11-12-19(46-17)15-28(32(42,43)44)21(6-2)24(30(36,37)38)27(8-4,48-28)25(31(39,40)41)26(7-3,47-22)23(20)29(33,34)35/h9-15,25,45,48H,5-8H2,1-4H3/b16-13-,18-14-,19-15-. The van der Waals surface area contributed by atoms with Gasteiger partial charge in [-0.15, -0.1) is 0 Å². The minimum Gasteiger partial charge on any atom is -0.355 e. The Morgan fingerprint density at radius 1 is 0.750 bits per heavy atom. The highest BCUT2D eigenvalue weighted by atomic mass is 19.4. The zero-order chi connectivity index (χ0) is 35.9. The highest BCUT2D eigenvalue weighted by Crippen LogP contribution is 2.64. The van der Waals surface area contributed by atoms with E-state index in [-0.39, 0.29) is 22.5 Å². The fraction of sp³-hybridized carbons (Fsp3) is 0.500. The number of aromatic nitrogens is 1. The lowest BCUT2D eigenvalue weighted by atomic mass is 9.62. The molecule has 48 heavy (non-hydrogen) atoms. The summed E-state index contributed by atoms with van der Waals surface area (Å²) < 4.78 is 185. The minimum absolute atomic E-state index is 0.0572. The molecule has 8 bridgehead atoms. The van der Waals surface area contributed by atoms with Crippen LogP contribution >= 0.6 is 0 Å². The van der Waals surface area contributed by atoms with Crippen LogP contribution in [0.3, 0.4) is 0 Å². The maximum Gasteiger partial charge on any atom is 0.415 e. The molecule has 5 rings (SSSR count). The summed E-state index contributed by atoms with van der Waals surface area (Å²) in [6.07, 6.45) is -22.2. The van der Waals surface area contributed by atoms with Crippen molar-refractivity contribution in [1.29, 1.82) is 0 Å². The molecule has 1 aromatic heterocycles. The number of nitrogens with one attached hydrogen (secondary N) is 2. The van der Waals surface area contributed by atoms with Crippen LogP contribution in [-0.2, 0) is 0 Å². The average molecular weight is 699 g/mol. The highest BCUT2D eigenvalue weighted by molar-refractivity contribution is 6.23.